The minimum absolute atomic E-state index is 0.0821. The number of carbonyl (C=O) groups is 1. The van der Waals surface area contributed by atoms with Crippen molar-refractivity contribution in [2.75, 3.05) is 0 Å². The van der Waals surface area contributed by atoms with Crippen molar-refractivity contribution in [1.82, 2.24) is 5.32 Å². The van der Waals surface area contributed by atoms with Gasteiger partial charge in [-0.2, -0.15) is 0 Å². The van der Waals surface area contributed by atoms with Crippen LogP contribution < -0.4 is 10.1 Å². The van der Waals surface area contributed by atoms with Crippen LogP contribution in [0, 0.1) is 6.92 Å². The molecule has 0 fully saturated rings. The van der Waals surface area contributed by atoms with Gasteiger partial charge in [-0.15, -0.1) is 0 Å². The molecule has 1 aromatic rings. The lowest BCUT2D eigenvalue weighted by atomic mass is 10.1. The maximum absolute atomic E-state index is 12.0. The van der Waals surface area contributed by atoms with Gasteiger partial charge in [0.05, 0.1) is 0 Å². The Morgan fingerprint density at radius 2 is 2.00 bits per heavy atom. The molecule has 0 radical (unpaired) electrons. The topological polar surface area (TPSA) is 38.3 Å². The normalized spacial score (nSPS) is 12.3. The molecule has 106 valence electrons. The maximum atomic E-state index is 12.0. The van der Waals surface area contributed by atoms with Crippen LogP contribution in [0.25, 0.3) is 0 Å². The molecule has 0 bridgehead atoms. The van der Waals surface area contributed by atoms with Gasteiger partial charge in [0.2, 0.25) is 0 Å². The van der Waals surface area contributed by atoms with E-state index in [-0.39, 0.29) is 11.9 Å². The average Bonchev–Trinajstić information content (AvgIpc) is 2.39. The van der Waals surface area contributed by atoms with Gasteiger partial charge in [-0.05, 0) is 50.5 Å². The molecular formula is C15H22ClNO2. The van der Waals surface area contributed by atoms with Gasteiger partial charge in [-0.25, -0.2) is 0 Å². The van der Waals surface area contributed by atoms with Crippen molar-refractivity contribution in [1.29, 1.82) is 0 Å². The monoisotopic (exact) mass is 283 g/mol. The molecule has 1 unspecified atom stereocenters. The molecule has 1 amide bonds. The molecule has 0 saturated carbocycles. The fourth-order valence-electron chi connectivity index (χ4n) is 1.76. The zero-order chi connectivity index (χ0) is 14.4. The summed E-state index contributed by atoms with van der Waals surface area (Å²) in [6.45, 7) is 7.77. The number of amides is 1. The number of ether oxygens (including phenoxy) is 1. The number of halogens is 1. The summed E-state index contributed by atoms with van der Waals surface area (Å²) in [6, 6.07) is 5.60. The summed E-state index contributed by atoms with van der Waals surface area (Å²) in [5.74, 6) is 0.579. The second-order valence-electron chi connectivity index (χ2n) is 4.69. The molecule has 1 rings (SSSR count). The molecule has 3 nitrogen and oxygen atoms in total. The summed E-state index contributed by atoms with van der Waals surface area (Å²) in [4.78, 5) is 12.0. The second-order valence-corrected chi connectivity index (χ2v) is 5.10. The van der Waals surface area contributed by atoms with Crippen LogP contribution in [0.4, 0.5) is 0 Å². The van der Waals surface area contributed by atoms with Crippen molar-refractivity contribution >= 4 is 17.5 Å². The number of hydrogen-bond acceptors (Lipinski definition) is 2. The van der Waals surface area contributed by atoms with E-state index in [1.165, 1.54) is 0 Å². The van der Waals surface area contributed by atoms with E-state index in [1.54, 1.807) is 19.1 Å². The molecule has 0 aromatic heterocycles. The molecule has 0 saturated heterocycles. The molecule has 1 atom stereocenters. The molecular weight excluding hydrogens is 262 g/mol. The van der Waals surface area contributed by atoms with Gasteiger partial charge in [-0.1, -0.05) is 25.4 Å². The fourth-order valence-corrected chi connectivity index (χ4v) is 1.88. The Morgan fingerprint density at radius 1 is 1.37 bits per heavy atom. The lowest BCUT2D eigenvalue weighted by molar-refractivity contribution is -0.128. The third-order valence-corrected chi connectivity index (χ3v) is 3.57. The summed E-state index contributed by atoms with van der Waals surface area (Å²) in [7, 11) is 0. The Bertz CT molecular complexity index is 430. The minimum atomic E-state index is -0.513. The Hall–Kier alpha value is -1.22. The minimum Gasteiger partial charge on any atom is -0.481 e. The van der Waals surface area contributed by atoms with E-state index in [9.17, 15) is 4.79 Å². The standard InChI is InChI=1S/C15H22ClNO2/c1-5-12(6-2)17-15(18)11(4)19-13-7-8-14(16)10(3)9-13/h7-9,11-12H,5-6H2,1-4H3,(H,17,18). The number of rotatable bonds is 6. The van der Waals surface area contributed by atoms with Crippen LogP contribution in [0.15, 0.2) is 18.2 Å². The first-order valence-electron chi connectivity index (χ1n) is 6.71. The molecule has 0 spiro atoms. The summed E-state index contributed by atoms with van der Waals surface area (Å²) >= 11 is 5.95. The Morgan fingerprint density at radius 3 is 2.53 bits per heavy atom. The number of aryl methyl sites for hydroxylation is 1. The largest absolute Gasteiger partial charge is 0.481 e. The van der Waals surface area contributed by atoms with Gasteiger partial charge >= 0.3 is 0 Å². The van der Waals surface area contributed by atoms with E-state index in [1.807, 2.05) is 13.0 Å². The average molecular weight is 284 g/mol. The fraction of sp³-hybridized carbons (Fsp3) is 0.533. The molecule has 1 aromatic carbocycles. The van der Waals surface area contributed by atoms with Crippen LogP contribution in [0.3, 0.4) is 0 Å². The van der Waals surface area contributed by atoms with Crippen molar-refractivity contribution in [2.45, 2.75) is 52.7 Å². The third kappa shape index (κ3) is 4.75. The van der Waals surface area contributed by atoms with Crippen molar-refractivity contribution in [3.8, 4) is 5.75 Å². The van der Waals surface area contributed by atoms with E-state index < -0.39 is 6.10 Å². The highest BCUT2D eigenvalue weighted by Crippen LogP contribution is 2.21. The first-order valence-corrected chi connectivity index (χ1v) is 7.08. The van der Waals surface area contributed by atoms with Crippen LogP contribution in [-0.2, 0) is 4.79 Å². The molecule has 0 heterocycles. The van der Waals surface area contributed by atoms with Crippen molar-refractivity contribution < 1.29 is 9.53 Å². The number of nitrogens with one attached hydrogen (secondary N) is 1. The van der Waals surface area contributed by atoms with Gasteiger partial charge < -0.3 is 10.1 Å². The van der Waals surface area contributed by atoms with E-state index in [0.717, 1.165) is 18.4 Å². The van der Waals surface area contributed by atoms with E-state index in [0.29, 0.717) is 10.8 Å². The Balaban J connectivity index is 2.60. The highest BCUT2D eigenvalue weighted by molar-refractivity contribution is 6.31. The number of hydrogen-bond donors (Lipinski definition) is 1. The Labute approximate surface area is 120 Å². The summed E-state index contributed by atoms with van der Waals surface area (Å²) < 4.78 is 5.63. The van der Waals surface area contributed by atoms with E-state index >= 15 is 0 Å². The van der Waals surface area contributed by atoms with Gasteiger partial charge in [-0.3, -0.25) is 4.79 Å². The first-order chi connectivity index (χ1) is 8.97. The molecule has 19 heavy (non-hydrogen) atoms. The van der Waals surface area contributed by atoms with E-state index in [4.69, 9.17) is 16.3 Å². The SMILES string of the molecule is CCC(CC)NC(=O)C(C)Oc1ccc(Cl)c(C)c1. The number of carbonyl (C=O) groups excluding carboxylic acids is 1. The van der Waals surface area contributed by atoms with Crippen LogP contribution in [0.2, 0.25) is 5.02 Å². The summed E-state index contributed by atoms with van der Waals surface area (Å²) in [5.41, 5.74) is 0.937. The smallest absolute Gasteiger partial charge is 0.260 e. The van der Waals surface area contributed by atoms with Crippen LogP contribution >= 0.6 is 11.6 Å². The highest BCUT2D eigenvalue weighted by atomic mass is 35.5. The van der Waals surface area contributed by atoms with Gasteiger partial charge in [0.1, 0.15) is 5.75 Å². The van der Waals surface area contributed by atoms with Crippen molar-refractivity contribution in [3.05, 3.63) is 28.8 Å². The summed E-state index contributed by atoms with van der Waals surface area (Å²) in [5, 5.41) is 3.67. The van der Waals surface area contributed by atoms with Gasteiger partial charge in [0.15, 0.2) is 6.10 Å². The van der Waals surface area contributed by atoms with Crippen molar-refractivity contribution in [2.24, 2.45) is 0 Å². The predicted molar refractivity (Wildman–Crippen MR) is 78.8 cm³/mol. The molecule has 1 N–H and O–H groups in total. The van der Waals surface area contributed by atoms with Crippen LogP contribution in [0.1, 0.15) is 39.2 Å². The second kappa shape index (κ2) is 7.39. The van der Waals surface area contributed by atoms with Crippen LogP contribution in [-0.4, -0.2) is 18.1 Å². The van der Waals surface area contributed by atoms with Crippen molar-refractivity contribution in [3.63, 3.8) is 0 Å². The molecule has 4 heteroatoms. The van der Waals surface area contributed by atoms with Gasteiger partial charge in [0, 0.05) is 11.1 Å². The maximum Gasteiger partial charge on any atom is 0.260 e. The zero-order valence-electron chi connectivity index (χ0n) is 12.0. The lowest BCUT2D eigenvalue weighted by Gasteiger charge is -2.19. The first kappa shape index (κ1) is 15.8. The Kier molecular flexibility index (Phi) is 6.16. The van der Waals surface area contributed by atoms with Crippen LogP contribution in [0.5, 0.6) is 5.75 Å². The molecule has 0 aliphatic carbocycles. The highest BCUT2D eigenvalue weighted by Gasteiger charge is 2.17. The lowest BCUT2D eigenvalue weighted by Crippen LogP contribution is -2.42. The third-order valence-electron chi connectivity index (χ3n) is 3.14. The quantitative estimate of drug-likeness (QED) is 0.864. The van der Waals surface area contributed by atoms with E-state index in [2.05, 4.69) is 19.2 Å². The predicted octanol–water partition coefficient (Wildman–Crippen LogP) is 3.72. The summed E-state index contributed by atoms with van der Waals surface area (Å²) in [6.07, 6.45) is 1.34. The molecule has 0 aliphatic heterocycles. The van der Waals surface area contributed by atoms with Gasteiger partial charge in [0.25, 0.3) is 5.91 Å². The number of benzene rings is 1. The molecule has 0 aliphatic rings. The zero-order valence-corrected chi connectivity index (χ0v) is 12.8.